The van der Waals surface area contributed by atoms with Crippen LogP contribution in [0.3, 0.4) is 0 Å². The van der Waals surface area contributed by atoms with Crippen molar-refractivity contribution in [3.05, 3.63) is 18.3 Å². The van der Waals surface area contributed by atoms with Gasteiger partial charge in [-0.3, -0.25) is 4.79 Å². The van der Waals surface area contributed by atoms with Gasteiger partial charge >= 0.3 is 0 Å². The molecule has 114 valence electrons. The summed E-state index contributed by atoms with van der Waals surface area (Å²) in [5, 5.41) is 14.5. The van der Waals surface area contributed by atoms with Crippen molar-refractivity contribution >= 4 is 11.7 Å². The van der Waals surface area contributed by atoms with Crippen LogP contribution in [0.1, 0.15) is 18.9 Å². The van der Waals surface area contributed by atoms with Gasteiger partial charge in [-0.25, -0.2) is 9.67 Å². The number of carbonyl (C=O) groups is 1. The van der Waals surface area contributed by atoms with E-state index in [0.717, 1.165) is 25.9 Å². The minimum absolute atomic E-state index is 0.0277. The van der Waals surface area contributed by atoms with Gasteiger partial charge in [-0.2, -0.15) is 0 Å². The van der Waals surface area contributed by atoms with E-state index in [1.807, 2.05) is 16.9 Å². The summed E-state index contributed by atoms with van der Waals surface area (Å²) < 4.78 is 7.21. The highest BCUT2D eigenvalue weighted by Crippen LogP contribution is 2.29. The monoisotopic (exact) mass is 300 g/mol. The van der Waals surface area contributed by atoms with Crippen molar-refractivity contribution in [1.29, 1.82) is 0 Å². The largest absolute Gasteiger partial charge is 0.480 e. The van der Waals surface area contributed by atoms with Crippen LogP contribution in [0.2, 0.25) is 0 Å². The molecule has 2 aromatic heterocycles. The van der Waals surface area contributed by atoms with E-state index < -0.39 is 0 Å². The highest BCUT2D eigenvalue weighted by molar-refractivity contribution is 5.94. The summed E-state index contributed by atoms with van der Waals surface area (Å²) in [7, 11) is 0. The molecule has 2 N–H and O–H groups in total. The number of amides is 1. The van der Waals surface area contributed by atoms with Crippen LogP contribution in [-0.4, -0.2) is 45.6 Å². The van der Waals surface area contributed by atoms with E-state index in [9.17, 15) is 4.79 Å². The molecule has 0 atom stereocenters. The third-order valence-electron chi connectivity index (χ3n) is 3.93. The van der Waals surface area contributed by atoms with Gasteiger partial charge in [-0.05, 0) is 38.1 Å². The number of ether oxygens (including phenoxy) is 1. The standard InChI is InChI=1S/C14H16N6O2/c21-13-8-22-12-2-1-10(16-14(12)17-13)11-7-20(19-18-11)9-3-5-15-6-4-9/h1-2,7,9,15H,3-6,8H2,(H,16,17,21). The number of nitrogens with one attached hydrogen (secondary N) is 2. The summed E-state index contributed by atoms with van der Waals surface area (Å²) in [5.74, 6) is 0.815. The van der Waals surface area contributed by atoms with Crippen LogP contribution in [0.15, 0.2) is 18.3 Å². The number of hydrogen-bond acceptors (Lipinski definition) is 6. The molecule has 2 aromatic rings. The van der Waals surface area contributed by atoms with Gasteiger partial charge in [0, 0.05) is 0 Å². The molecular weight excluding hydrogens is 284 g/mol. The molecular formula is C14H16N6O2. The van der Waals surface area contributed by atoms with Crippen LogP contribution in [-0.2, 0) is 4.79 Å². The lowest BCUT2D eigenvalue weighted by atomic mass is 10.1. The average molecular weight is 300 g/mol. The van der Waals surface area contributed by atoms with E-state index in [2.05, 4.69) is 25.9 Å². The molecule has 1 saturated heterocycles. The number of rotatable bonds is 2. The molecule has 0 spiro atoms. The van der Waals surface area contributed by atoms with E-state index in [1.54, 1.807) is 6.07 Å². The average Bonchev–Trinajstić information content (AvgIpc) is 3.05. The number of carbonyl (C=O) groups excluding carboxylic acids is 1. The van der Waals surface area contributed by atoms with Gasteiger partial charge in [0.1, 0.15) is 5.69 Å². The third kappa shape index (κ3) is 2.41. The van der Waals surface area contributed by atoms with Crippen molar-refractivity contribution in [2.45, 2.75) is 18.9 Å². The highest BCUT2D eigenvalue weighted by atomic mass is 16.5. The zero-order valence-electron chi connectivity index (χ0n) is 12.0. The molecule has 1 fully saturated rings. The second kappa shape index (κ2) is 5.38. The first-order chi connectivity index (χ1) is 10.8. The molecule has 8 nitrogen and oxygen atoms in total. The zero-order chi connectivity index (χ0) is 14.9. The summed E-state index contributed by atoms with van der Waals surface area (Å²) in [4.78, 5) is 15.8. The summed E-state index contributed by atoms with van der Waals surface area (Å²) >= 11 is 0. The topological polar surface area (TPSA) is 94.0 Å². The maximum Gasteiger partial charge on any atom is 0.263 e. The molecule has 22 heavy (non-hydrogen) atoms. The molecule has 1 amide bonds. The van der Waals surface area contributed by atoms with Crippen molar-refractivity contribution in [2.24, 2.45) is 0 Å². The Morgan fingerprint density at radius 2 is 2.09 bits per heavy atom. The summed E-state index contributed by atoms with van der Waals surface area (Å²) in [6.45, 7) is 2.03. The maximum atomic E-state index is 11.4. The van der Waals surface area contributed by atoms with E-state index >= 15 is 0 Å². The minimum Gasteiger partial charge on any atom is -0.480 e. The highest BCUT2D eigenvalue weighted by Gasteiger charge is 2.20. The van der Waals surface area contributed by atoms with Crippen LogP contribution in [0.5, 0.6) is 5.75 Å². The first kappa shape index (κ1) is 13.2. The van der Waals surface area contributed by atoms with Gasteiger partial charge in [0.15, 0.2) is 18.2 Å². The fraction of sp³-hybridized carbons (Fsp3) is 0.429. The summed E-state index contributed by atoms with van der Waals surface area (Å²) in [6, 6.07) is 4.00. The predicted octanol–water partition coefficient (Wildman–Crippen LogP) is 0.595. The lowest BCUT2D eigenvalue weighted by Gasteiger charge is -2.22. The fourth-order valence-electron chi connectivity index (χ4n) is 2.75. The number of fused-ring (bicyclic) bond motifs is 1. The number of hydrogen-bond donors (Lipinski definition) is 2. The van der Waals surface area contributed by atoms with Crippen LogP contribution in [0, 0.1) is 0 Å². The Morgan fingerprint density at radius 1 is 1.23 bits per heavy atom. The number of pyridine rings is 1. The van der Waals surface area contributed by atoms with Gasteiger partial charge in [0.2, 0.25) is 0 Å². The van der Waals surface area contributed by atoms with Crippen LogP contribution < -0.4 is 15.4 Å². The van der Waals surface area contributed by atoms with Crippen molar-refractivity contribution in [3.8, 4) is 17.1 Å². The Bertz CT molecular complexity index is 707. The summed E-state index contributed by atoms with van der Waals surface area (Å²) in [6.07, 6.45) is 4.00. The number of aromatic nitrogens is 4. The molecule has 4 rings (SSSR count). The van der Waals surface area contributed by atoms with Crippen LogP contribution >= 0.6 is 0 Å². The molecule has 0 unspecified atom stereocenters. The lowest BCUT2D eigenvalue weighted by Crippen LogP contribution is -2.29. The van der Waals surface area contributed by atoms with Crippen molar-refractivity contribution in [1.82, 2.24) is 25.3 Å². The number of nitrogens with zero attached hydrogens (tertiary/aromatic N) is 4. The number of anilines is 1. The van der Waals surface area contributed by atoms with Crippen molar-refractivity contribution in [2.75, 3.05) is 25.0 Å². The Morgan fingerprint density at radius 3 is 2.95 bits per heavy atom. The van der Waals surface area contributed by atoms with E-state index in [0.29, 0.717) is 29.0 Å². The maximum absolute atomic E-state index is 11.4. The second-order valence-electron chi connectivity index (χ2n) is 5.45. The minimum atomic E-state index is -0.199. The Kier molecular flexibility index (Phi) is 3.23. The first-order valence-electron chi connectivity index (χ1n) is 7.36. The van der Waals surface area contributed by atoms with Crippen molar-refractivity contribution in [3.63, 3.8) is 0 Å². The predicted molar refractivity (Wildman–Crippen MR) is 78.5 cm³/mol. The fourth-order valence-corrected chi connectivity index (χ4v) is 2.75. The number of piperidine rings is 1. The third-order valence-corrected chi connectivity index (χ3v) is 3.93. The molecule has 0 aliphatic carbocycles. The quantitative estimate of drug-likeness (QED) is 0.843. The lowest BCUT2D eigenvalue weighted by molar-refractivity contribution is -0.118. The van der Waals surface area contributed by atoms with Gasteiger partial charge in [-0.15, -0.1) is 5.10 Å². The first-order valence-corrected chi connectivity index (χ1v) is 7.36. The van der Waals surface area contributed by atoms with E-state index in [-0.39, 0.29) is 12.5 Å². The molecule has 0 aromatic carbocycles. The SMILES string of the molecule is O=C1COc2ccc(-c3cn(C4CCNCC4)nn3)nc2N1. The van der Waals surface area contributed by atoms with Gasteiger partial charge in [0.05, 0.1) is 17.9 Å². The molecule has 0 bridgehead atoms. The van der Waals surface area contributed by atoms with Gasteiger partial charge in [0.25, 0.3) is 5.91 Å². The molecule has 8 heteroatoms. The Balaban J connectivity index is 1.61. The normalized spacial score (nSPS) is 18.5. The molecule has 0 saturated carbocycles. The summed E-state index contributed by atoms with van der Waals surface area (Å²) in [5.41, 5.74) is 1.37. The molecule has 2 aliphatic rings. The van der Waals surface area contributed by atoms with Crippen molar-refractivity contribution < 1.29 is 9.53 Å². The Labute approximate surface area is 126 Å². The smallest absolute Gasteiger partial charge is 0.263 e. The van der Waals surface area contributed by atoms with Gasteiger partial charge < -0.3 is 15.4 Å². The van der Waals surface area contributed by atoms with E-state index in [4.69, 9.17) is 4.74 Å². The second-order valence-corrected chi connectivity index (χ2v) is 5.45. The molecule has 2 aliphatic heterocycles. The van der Waals surface area contributed by atoms with Gasteiger partial charge in [-0.1, -0.05) is 5.21 Å². The zero-order valence-corrected chi connectivity index (χ0v) is 12.0. The molecule has 0 radical (unpaired) electrons. The Hall–Kier alpha value is -2.48. The molecule has 4 heterocycles. The van der Waals surface area contributed by atoms with Crippen LogP contribution in [0.25, 0.3) is 11.4 Å². The van der Waals surface area contributed by atoms with E-state index in [1.165, 1.54) is 0 Å². The van der Waals surface area contributed by atoms with Crippen LogP contribution in [0.4, 0.5) is 5.82 Å².